The highest BCUT2D eigenvalue weighted by molar-refractivity contribution is 9.10. The van der Waals surface area contributed by atoms with Gasteiger partial charge in [-0.1, -0.05) is 15.9 Å². The summed E-state index contributed by atoms with van der Waals surface area (Å²) in [7, 11) is 0. The van der Waals surface area contributed by atoms with E-state index in [0.29, 0.717) is 5.69 Å². The summed E-state index contributed by atoms with van der Waals surface area (Å²) in [5.41, 5.74) is 1.37. The predicted molar refractivity (Wildman–Crippen MR) is 68.3 cm³/mol. The Bertz CT molecular complexity index is 572. The molecule has 1 N–H and O–H groups in total. The fraction of sp³-hybridized carbons (Fsp3) is 0.333. The summed E-state index contributed by atoms with van der Waals surface area (Å²) < 4.78 is 2.95. The number of pyridine rings is 1. The first-order valence-electron chi connectivity index (χ1n) is 5.65. The summed E-state index contributed by atoms with van der Waals surface area (Å²) in [6, 6.07) is 4.15. The molecule has 3 heterocycles. The summed E-state index contributed by atoms with van der Waals surface area (Å²) in [4.78, 5) is 15.5. The second-order valence-electron chi connectivity index (χ2n) is 4.22. The number of fused-ring (bicyclic) bond motifs is 1. The van der Waals surface area contributed by atoms with Crippen LogP contribution in [-0.2, 0) is 0 Å². The van der Waals surface area contributed by atoms with Crippen molar-refractivity contribution >= 4 is 27.7 Å². The molecule has 1 aliphatic heterocycles. The number of halogens is 1. The minimum atomic E-state index is 0.261. The summed E-state index contributed by atoms with van der Waals surface area (Å²) in [5, 5.41) is 3.41. The lowest BCUT2D eigenvalue weighted by Crippen LogP contribution is -2.15. The quantitative estimate of drug-likeness (QED) is 0.865. The normalized spacial score (nSPS) is 19.9. The van der Waals surface area contributed by atoms with Gasteiger partial charge in [-0.05, 0) is 31.5 Å². The number of hydrogen-bond acceptors (Lipinski definition) is 3. The lowest BCUT2D eigenvalue weighted by atomic mass is 10.2. The zero-order valence-corrected chi connectivity index (χ0v) is 10.8. The molecule has 0 bridgehead atoms. The number of carbonyl (C=O) groups excluding carboxylic acids is 1. The van der Waals surface area contributed by atoms with Crippen molar-refractivity contribution in [2.24, 2.45) is 0 Å². The van der Waals surface area contributed by atoms with Gasteiger partial charge in [0, 0.05) is 10.7 Å². The lowest BCUT2D eigenvalue weighted by molar-refractivity contribution is 0.112. The SMILES string of the molecule is O=Cc1nc(C2CCCN2)n2ccc(Br)cc12. The molecule has 0 radical (unpaired) electrons. The maximum atomic E-state index is 11.0. The second-order valence-corrected chi connectivity index (χ2v) is 5.14. The molecular formula is C12H12BrN3O. The molecule has 0 aliphatic carbocycles. The van der Waals surface area contributed by atoms with Crippen molar-refractivity contribution in [2.45, 2.75) is 18.9 Å². The Balaban J connectivity index is 2.21. The molecular weight excluding hydrogens is 282 g/mol. The van der Waals surface area contributed by atoms with Crippen LogP contribution in [0, 0.1) is 0 Å². The molecule has 88 valence electrons. The maximum absolute atomic E-state index is 11.0. The Morgan fingerprint density at radius 1 is 1.59 bits per heavy atom. The third-order valence-corrected chi connectivity index (χ3v) is 3.64. The van der Waals surface area contributed by atoms with Gasteiger partial charge in [0.25, 0.3) is 0 Å². The molecule has 5 heteroatoms. The van der Waals surface area contributed by atoms with Gasteiger partial charge in [-0.25, -0.2) is 4.98 Å². The summed E-state index contributed by atoms with van der Waals surface area (Å²) in [5.74, 6) is 0.937. The first kappa shape index (κ1) is 10.9. The largest absolute Gasteiger partial charge is 0.307 e. The molecule has 0 saturated carbocycles. The fourth-order valence-corrected chi connectivity index (χ4v) is 2.68. The topological polar surface area (TPSA) is 46.4 Å². The van der Waals surface area contributed by atoms with Gasteiger partial charge in [0.15, 0.2) is 6.29 Å². The molecule has 0 amide bonds. The molecule has 2 aromatic rings. The van der Waals surface area contributed by atoms with Gasteiger partial charge in [-0.2, -0.15) is 0 Å². The van der Waals surface area contributed by atoms with Crippen LogP contribution in [0.4, 0.5) is 0 Å². The summed E-state index contributed by atoms with van der Waals surface area (Å²) in [6.07, 6.45) is 5.01. The second kappa shape index (κ2) is 4.23. The van der Waals surface area contributed by atoms with Crippen LogP contribution in [0.3, 0.4) is 0 Å². The number of rotatable bonds is 2. The molecule has 1 atom stereocenters. The van der Waals surface area contributed by atoms with E-state index in [1.54, 1.807) is 0 Å². The van der Waals surface area contributed by atoms with E-state index >= 15 is 0 Å². The van der Waals surface area contributed by atoms with Gasteiger partial charge < -0.3 is 9.72 Å². The van der Waals surface area contributed by atoms with E-state index in [1.807, 2.05) is 22.7 Å². The average molecular weight is 294 g/mol. The van der Waals surface area contributed by atoms with E-state index < -0.39 is 0 Å². The Morgan fingerprint density at radius 2 is 2.47 bits per heavy atom. The maximum Gasteiger partial charge on any atom is 0.170 e. The predicted octanol–water partition coefficient (Wildman–Crippen LogP) is 2.33. The lowest BCUT2D eigenvalue weighted by Gasteiger charge is -2.08. The van der Waals surface area contributed by atoms with Crippen LogP contribution >= 0.6 is 15.9 Å². The molecule has 1 aliphatic rings. The van der Waals surface area contributed by atoms with E-state index in [9.17, 15) is 4.79 Å². The highest BCUT2D eigenvalue weighted by atomic mass is 79.9. The number of nitrogens with one attached hydrogen (secondary N) is 1. The summed E-state index contributed by atoms with van der Waals surface area (Å²) in [6.45, 7) is 1.02. The minimum Gasteiger partial charge on any atom is -0.307 e. The van der Waals surface area contributed by atoms with Gasteiger partial charge in [-0.15, -0.1) is 0 Å². The van der Waals surface area contributed by atoms with Gasteiger partial charge in [0.1, 0.15) is 11.5 Å². The zero-order valence-electron chi connectivity index (χ0n) is 9.19. The highest BCUT2D eigenvalue weighted by Gasteiger charge is 2.22. The molecule has 17 heavy (non-hydrogen) atoms. The molecule has 4 nitrogen and oxygen atoms in total. The minimum absolute atomic E-state index is 0.261. The van der Waals surface area contributed by atoms with Gasteiger partial charge >= 0.3 is 0 Å². The van der Waals surface area contributed by atoms with Gasteiger partial charge in [0.05, 0.1) is 11.6 Å². The number of nitrogens with zero attached hydrogens (tertiary/aromatic N) is 2. The van der Waals surface area contributed by atoms with Crippen LogP contribution in [0.25, 0.3) is 5.52 Å². The van der Waals surface area contributed by atoms with Gasteiger partial charge in [-0.3, -0.25) is 4.79 Å². The van der Waals surface area contributed by atoms with Crippen LogP contribution in [0.1, 0.15) is 35.2 Å². The fourth-order valence-electron chi connectivity index (χ4n) is 2.34. The van der Waals surface area contributed by atoms with Crippen LogP contribution < -0.4 is 5.32 Å². The van der Waals surface area contributed by atoms with Crippen molar-refractivity contribution in [2.75, 3.05) is 6.54 Å². The van der Waals surface area contributed by atoms with E-state index in [4.69, 9.17) is 0 Å². The van der Waals surface area contributed by atoms with E-state index in [2.05, 4.69) is 26.2 Å². The van der Waals surface area contributed by atoms with Crippen molar-refractivity contribution in [1.82, 2.24) is 14.7 Å². The van der Waals surface area contributed by atoms with Crippen LogP contribution in [0.2, 0.25) is 0 Å². The smallest absolute Gasteiger partial charge is 0.170 e. The van der Waals surface area contributed by atoms with Crippen LogP contribution in [0.15, 0.2) is 22.8 Å². The summed E-state index contributed by atoms with van der Waals surface area (Å²) >= 11 is 3.42. The van der Waals surface area contributed by atoms with Crippen LogP contribution in [-0.4, -0.2) is 22.2 Å². The Hall–Kier alpha value is -1.20. The molecule has 1 saturated heterocycles. The van der Waals surface area contributed by atoms with Crippen LogP contribution in [0.5, 0.6) is 0 Å². The number of carbonyl (C=O) groups is 1. The molecule has 2 aromatic heterocycles. The van der Waals surface area contributed by atoms with Crippen molar-refractivity contribution in [3.05, 3.63) is 34.3 Å². The van der Waals surface area contributed by atoms with Crippen molar-refractivity contribution < 1.29 is 4.79 Å². The van der Waals surface area contributed by atoms with E-state index in [-0.39, 0.29) is 6.04 Å². The van der Waals surface area contributed by atoms with Crippen molar-refractivity contribution in [1.29, 1.82) is 0 Å². The number of aromatic nitrogens is 2. The first-order valence-corrected chi connectivity index (χ1v) is 6.45. The molecule has 3 rings (SSSR count). The standard InChI is InChI=1S/C12H12BrN3O/c13-8-3-5-16-11(6-8)10(7-17)15-12(16)9-2-1-4-14-9/h3,5-7,9,14H,1-2,4H2. The number of imidazole rings is 1. The van der Waals surface area contributed by atoms with Crippen molar-refractivity contribution in [3.63, 3.8) is 0 Å². The zero-order chi connectivity index (χ0) is 11.8. The average Bonchev–Trinajstić information content (AvgIpc) is 2.94. The molecule has 0 spiro atoms. The Morgan fingerprint density at radius 3 is 3.18 bits per heavy atom. The van der Waals surface area contributed by atoms with Crippen molar-refractivity contribution in [3.8, 4) is 0 Å². The third kappa shape index (κ3) is 1.79. The molecule has 1 unspecified atom stereocenters. The highest BCUT2D eigenvalue weighted by Crippen LogP contribution is 2.25. The molecule has 1 fully saturated rings. The van der Waals surface area contributed by atoms with Gasteiger partial charge in [0.2, 0.25) is 0 Å². The number of hydrogen-bond donors (Lipinski definition) is 1. The number of aldehydes is 1. The first-order chi connectivity index (χ1) is 8.29. The van der Waals surface area contributed by atoms with E-state index in [0.717, 1.165) is 41.5 Å². The molecule has 0 aromatic carbocycles. The third-order valence-electron chi connectivity index (χ3n) is 3.14. The monoisotopic (exact) mass is 293 g/mol. The van der Waals surface area contributed by atoms with E-state index in [1.165, 1.54) is 0 Å². The Kier molecular flexibility index (Phi) is 2.72. The Labute approximate surface area is 107 Å².